The van der Waals surface area contributed by atoms with E-state index < -0.39 is 21.1 Å². The van der Waals surface area contributed by atoms with Crippen molar-refractivity contribution >= 4 is 16.0 Å². The molecule has 0 amide bonds. The third kappa shape index (κ3) is 3.05. The maximum atomic E-state index is 12.8. The van der Waals surface area contributed by atoms with Gasteiger partial charge in [-0.2, -0.15) is 4.31 Å². The van der Waals surface area contributed by atoms with Crippen LogP contribution in [0.2, 0.25) is 0 Å². The van der Waals surface area contributed by atoms with Crippen molar-refractivity contribution in [1.29, 1.82) is 0 Å². The molecular formula is C15H16N2O6S. The molecule has 1 aliphatic heterocycles. The van der Waals surface area contributed by atoms with E-state index in [9.17, 15) is 13.2 Å². The summed E-state index contributed by atoms with van der Waals surface area (Å²) >= 11 is 0. The minimum Gasteiger partial charge on any atom is -0.464 e. The van der Waals surface area contributed by atoms with Gasteiger partial charge >= 0.3 is 5.97 Å². The number of esters is 1. The van der Waals surface area contributed by atoms with Crippen molar-refractivity contribution in [3.05, 3.63) is 36.0 Å². The number of hydrogen-bond acceptors (Lipinski definition) is 7. The van der Waals surface area contributed by atoms with Crippen molar-refractivity contribution in [1.82, 2.24) is 9.29 Å². The molecule has 0 bridgehead atoms. The Balaban J connectivity index is 2.08. The van der Waals surface area contributed by atoms with Gasteiger partial charge in [0.15, 0.2) is 0 Å². The Bertz CT molecular complexity index is 825. The Labute approximate surface area is 139 Å². The molecule has 8 nitrogen and oxygen atoms in total. The van der Waals surface area contributed by atoms with Crippen LogP contribution in [0.3, 0.4) is 0 Å². The van der Waals surface area contributed by atoms with Crippen molar-refractivity contribution in [2.75, 3.05) is 33.4 Å². The van der Waals surface area contributed by atoms with Gasteiger partial charge in [-0.15, -0.1) is 0 Å². The number of ether oxygens (including phenoxy) is 2. The zero-order valence-corrected chi connectivity index (χ0v) is 13.8. The van der Waals surface area contributed by atoms with E-state index in [0.29, 0.717) is 5.56 Å². The summed E-state index contributed by atoms with van der Waals surface area (Å²) < 4.78 is 42.1. The monoisotopic (exact) mass is 352 g/mol. The molecule has 0 saturated carbocycles. The van der Waals surface area contributed by atoms with Crippen molar-refractivity contribution in [2.45, 2.75) is 5.09 Å². The van der Waals surface area contributed by atoms with E-state index in [1.54, 1.807) is 30.3 Å². The number of rotatable bonds is 4. The fraction of sp³-hybridized carbons (Fsp3) is 0.333. The van der Waals surface area contributed by atoms with E-state index in [2.05, 4.69) is 9.72 Å². The molecule has 2 aromatic rings. The molecule has 24 heavy (non-hydrogen) atoms. The fourth-order valence-corrected chi connectivity index (χ4v) is 3.74. The van der Waals surface area contributed by atoms with E-state index in [1.165, 1.54) is 4.31 Å². The zero-order chi connectivity index (χ0) is 17.2. The van der Waals surface area contributed by atoms with E-state index in [4.69, 9.17) is 9.15 Å². The van der Waals surface area contributed by atoms with E-state index in [1.807, 2.05) is 0 Å². The lowest BCUT2D eigenvalue weighted by molar-refractivity contribution is 0.0585. The first-order valence-electron chi connectivity index (χ1n) is 7.26. The number of oxazole rings is 1. The molecular weight excluding hydrogens is 336 g/mol. The summed E-state index contributed by atoms with van der Waals surface area (Å²) in [4.78, 5) is 16.0. The van der Waals surface area contributed by atoms with E-state index >= 15 is 0 Å². The molecule has 0 atom stereocenters. The first kappa shape index (κ1) is 16.6. The number of methoxy groups -OCH3 is 1. The summed E-state index contributed by atoms with van der Waals surface area (Å²) in [5.41, 5.74) is 0.203. The average Bonchev–Trinajstić information content (AvgIpc) is 3.09. The largest absolute Gasteiger partial charge is 0.464 e. The van der Waals surface area contributed by atoms with Gasteiger partial charge in [-0.3, -0.25) is 0 Å². The maximum Gasteiger partial charge on any atom is 0.361 e. The maximum absolute atomic E-state index is 12.8. The number of carbonyl (C=O) groups excluding carboxylic acids is 1. The minimum absolute atomic E-state index is 0.0443. The van der Waals surface area contributed by atoms with Crippen LogP contribution in [0.25, 0.3) is 11.5 Å². The van der Waals surface area contributed by atoms with Gasteiger partial charge in [0.2, 0.25) is 11.6 Å². The normalized spacial score (nSPS) is 16.0. The molecule has 0 radical (unpaired) electrons. The number of morpholine rings is 1. The average molecular weight is 352 g/mol. The quantitative estimate of drug-likeness (QED) is 0.761. The van der Waals surface area contributed by atoms with E-state index in [-0.39, 0.29) is 37.9 Å². The lowest BCUT2D eigenvalue weighted by Crippen LogP contribution is -2.41. The van der Waals surface area contributed by atoms with Crippen LogP contribution in [-0.4, -0.2) is 57.1 Å². The lowest BCUT2D eigenvalue weighted by atomic mass is 10.2. The van der Waals surface area contributed by atoms with Gasteiger partial charge in [-0.05, 0) is 12.1 Å². The second kappa shape index (κ2) is 6.71. The van der Waals surface area contributed by atoms with Gasteiger partial charge in [0.05, 0.1) is 20.3 Å². The molecule has 1 aliphatic rings. The van der Waals surface area contributed by atoms with Gasteiger partial charge in [-0.1, -0.05) is 18.2 Å². The van der Waals surface area contributed by atoms with Crippen molar-refractivity contribution in [3.63, 3.8) is 0 Å². The van der Waals surface area contributed by atoms with Gasteiger partial charge in [0, 0.05) is 18.7 Å². The van der Waals surface area contributed by atoms with Crippen LogP contribution >= 0.6 is 0 Å². The summed E-state index contributed by atoms with van der Waals surface area (Å²) in [7, 11) is -2.85. The summed E-state index contributed by atoms with van der Waals surface area (Å²) in [6.07, 6.45) is 0. The topological polar surface area (TPSA) is 98.9 Å². The molecule has 1 fully saturated rings. The van der Waals surface area contributed by atoms with Crippen LogP contribution in [0.15, 0.2) is 39.8 Å². The lowest BCUT2D eigenvalue weighted by Gasteiger charge is -2.24. The van der Waals surface area contributed by atoms with Gasteiger partial charge in [0.1, 0.15) is 0 Å². The number of hydrogen-bond donors (Lipinski definition) is 0. The number of sulfonamides is 1. The van der Waals surface area contributed by atoms with Crippen LogP contribution in [-0.2, 0) is 19.5 Å². The first-order chi connectivity index (χ1) is 11.5. The highest BCUT2D eigenvalue weighted by molar-refractivity contribution is 7.89. The van der Waals surface area contributed by atoms with Crippen molar-refractivity contribution in [2.24, 2.45) is 0 Å². The molecule has 0 N–H and O–H groups in total. The summed E-state index contributed by atoms with van der Waals surface area (Å²) in [6, 6.07) is 8.73. The summed E-state index contributed by atoms with van der Waals surface area (Å²) in [5, 5.41) is -0.505. The molecule has 9 heteroatoms. The van der Waals surface area contributed by atoms with Gasteiger partial charge in [-0.25, -0.2) is 18.2 Å². The SMILES string of the molecule is COC(=O)c1nc(-c2ccccc2)oc1S(=O)(=O)N1CCOCC1. The van der Waals surface area contributed by atoms with Crippen LogP contribution in [0, 0.1) is 0 Å². The second-order valence-electron chi connectivity index (χ2n) is 5.03. The molecule has 1 aromatic carbocycles. The highest BCUT2D eigenvalue weighted by Crippen LogP contribution is 2.28. The van der Waals surface area contributed by atoms with Crippen LogP contribution < -0.4 is 0 Å². The minimum atomic E-state index is -4.01. The molecule has 1 saturated heterocycles. The number of nitrogens with zero attached hydrogens (tertiary/aromatic N) is 2. The van der Waals surface area contributed by atoms with Crippen molar-refractivity contribution < 1.29 is 27.1 Å². The zero-order valence-electron chi connectivity index (χ0n) is 13.0. The van der Waals surface area contributed by atoms with Gasteiger partial charge < -0.3 is 13.9 Å². The third-order valence-electron chi connectivity index (χ3n) is 3.54. The Hall–Kier alpha value is -2.23. The molecule has 1 aromatic heterocycles. The predicted octanol–water partition coefficient (Wildman–Crippen LogP) is 1.15. The Morgan fingerprint density at radius 1 is 1.21 bits per heavy atom. The number of aromatic nitrogens is 1. The molecule has 0 aliphatic carbocycles. The Morgan fingerprint density at radius 3 is 2.50 bits per heavy atom. The first-order valence-corrected chi connectivity index (χ1v) is 8.70. The standard InChI is InChI=1S/C15H16N2O6S/c1-21-14(18)12-15(24(19,20)17-7-9-22-10-8-17)23-13(16-12)11-5-3-2-4-6-11/h2-6H,7-10H2,1H3. The molecule has 3 rings (SSSR count). The second-order valence-corrected chi connectivity index (χ2v) is 6.87. The molecule has 0 spiro atoms. The summed E-state index contributed by atoms with van der Waals surface area (Å²) in [5.74, 6) is -0.824. The Kier molecular flexibility index (Phi) is 4.65. The smallest absolute Gasteiger partial charge is 0.361 e. The van der Waals surface area contributed by atoms with Crippen LogP contribution in [0.5, 0.6) is 0 Å². The van der Waals surface area contributed by atoms with Crippen LogP contribution in [0.1, 0.15) is 10.5 Å². The highest BCUT2D eigenvalue weighted by Gasteiger charge is 2.36. The summed E-state index contributed by atoms with van der Waals surface area (Å²) in [6.45, 7) is 0.938. The van der Waals surface area contributed by atoms with E-state index in [0.717, 1.165) is 7.11 Å². The Morgan fingerprint density at radius 2 is 1.88 bits per heavy atom. The highest BCUT2D eigenvalue weighted by atomic mass is 32.2. The van der Waals surface area contributed by atoms with Gasteiger partial charge in [0.25, 0.3) is 15.1 Å². The molecule has 2 heterocycles. The predicted molar refractivity (Wildman–Crippen MR) is 82.9 cm³/mol. The molecule has 0 unspecified atom stereocenters. The molecule has 128 valence electrons. The van der Waals surface area contributed by atoms with Crippen LogP contribution in [0.4, 0.5) is 0 Å². The fourth-order valence-electron chi connectivity index (χ4n) is 2.32. The number of carbonyl (C=O) groups is 1. The number of benzene rings is 1. The van der Waals surface area contributed by atoms with Crippen molar-refractivity contribution in [3.8, 4) is 11.5 Å². The third-order valence-corrected chi connectivity index (χ3v) is 5.33.